The SMILES string of the molecule is Cc1ccc(CN(C)c2cc(C)cc3c2CCN3C)cc1. The Morgan fingerprint density at radius 3 is 2.48 bits per heavy atom. The van der Waals surface area contributed by atoms with Crippen molar-refractivity contribution in [1.82, 2.24) is 0 Å². The standard InChI is InChI=1S/C19H24N2/c1-14-5-7-16(8-6-14)13-21(4)19-12-15(2)11-18-17(19)9-10-20(18)3/h5-8,11-12H,9-10,13H2,1-4H3. The fourth-order valence-corrected chi connectivity index (χ4v) is 3.17. The third-order valence-corrected chi connectivity index (χ3v) is 4.41. The first kappa shape index (κ1) is 14.0. The molecule has 0 N–H and O–H groups in total. The normalized spacial score (nSPS) is 13.4. The fraction of sp³-hybridized carbons (Fsp3) is 0.368. The zero-order valence-electron chi connectivity index (χ0n) is 13.5. The molecule has 1 aliphatic heterocycles. The molecule has 0 fully saturated rings. The quantitative estimate of drug-likeness (QED) is 0.840. The number of benzene rings is 2. The van der Waals surface area contributed by atoms with Crippen molar-refractivity contribution >= 4 is 11.4 Å². The van der Waals surface area contributed by atoms with Gasteiger partial charge in [-0.15, -0.1) is 0 Å². The van der Waals surface area contributed by atoms with Gasteiger partial charge in [0.1, 0.15) is 0 Å². The van der Waals surface area contributed by atoms with Crippen molar-refractivity contribution < 1.29 is 0 Å². The summed E-state index contributed by atoms with van der Waals surface area (Å²) < 4.78 is 0. The third-order valence-electron chi connectivity index (χ3n) is 4.41. The molecule has 0 saturated carbocycles. The molecular weight excluding hydrogens is 256 g/mol. The van der Waals surface area contributed by atoms with Crippen LogP contribution in [0.25, 0.3) is 0 Å². The number of fused-ring (bicyclic) bond motifs is 1. The molecule has 1 heterocycles. The zero-order chi connectivity index (χ0) is 15.0. The zero-order valence-corrected chi connectivity index (χ0v) is 13.5. The summed E-state index contributed by atoms with van der Waals surface area (Å²) in [6.45, 7) is 6.41. The summed E-state index contributed by atoms with van der Waals surface area (Å²) in [5, 5.41) is 0. The maximum atomic E-state index is 2.38. The van der Waals surface area contributed by atoms with E-state index in [1.54, 1.807) is 0 Å². The van der Waals surface area contributed by atoms with Crippen LogP contribution in [-0.4, -0.2) is 20.6 Å². The number of nitrogens with zero attached hydrogens (tertiary/aromatic N) is 2. The van der Waals surface area contributed by atoms with Crippen LogP contribution in [0.15, 0.2) is 36.4 Å². The number of hydrogen-bond donors (Lipinski definition) is 0. The van der Waals surface area contributed by atoms with E-state index in [4.69, 9.17) is 0 Å². The molecular formula is C19H24N2. The van der Waals surface area contributed by atoms with Crippen LogP contribution in [0.4, 0.5) is 11.4 Å². The van der Waals surface area contributed by atoms with E-state index < -0.39 is 0 Å². The van der Waals surface area contributed by atoms with Gasteiger partial charge >= 0.3 is 0 Å². The van der Waals surface area contributed by atoms with Crippen molar-refractivity contribution in [3.8, 4) is 0 Å². The van der Waals surface area contributed by atoms with Crippen LogP contribution >= 0.6 is 0 Å². The summed E-state index contributed by atoms with van der Waals surface area (Å²) in [6.07, 6.45) is 1.15. The highest BCUT2D eigenvalue weighted by molar-refractivity contribution is 5.71. The van der Waals surface area contributed by atoms with Crippen molar-refractivity contribution in [2.45, 2.75) is 26.8 Å². The van der Waals surface area contributed by atoms with Gasteiger partial charge in [-0.3, -0.25) is 0 Å². The molecule has 0 unspecified atom stereocenters. The number of aryl methyl sites for hydroxylation is 2. The molecule has 0 aromatic heterocycles. The first-order valence-corrected chi connectivity index (χ1v) is 7.66. The van der Waals surface area contributed by atoms with E-state index >= 15 is 0 Å². The Balaban J connectivity index is 1.90. The average molecular weight is 280 g/mol. The summed E-state index contributed by atoms with van der Waals surface area (Å²) >= 11 is 0. The van der Waals surface area contributed by atoms with Crippen molar-refractivity contribution in [1.29, 1.82) is 0 Å². The number of rotatable bonds is 3. The van der Waals surface area contributed by atoms with Crippen molar-refractivity contribution in [3.63, 3.8) is 0 Å². The highest BCUT2D eigenvalue weighted by Crippen LogP contribution is 2.36. The number of anilines is 2. The lowest BCUT2D eigenvalue weighted by molar-refractivity contribution is 0.905. The van der Waals surface area contributed by atoms with Gasteiger partial charge in [-0.25, -0.2) is 0 Å². The van der Waals surface area contributed by atoms with E-state index in [-0.39, 0.29) is 0 Å². The monoisotopic (exact) mass is 280 g/mol. The van der Waals surface area contributed by atoms with Gasteiger partial charge in [0.2, 0.25) is 0 Å². The molecule has 0 aliphatic carbocycles. The van der Waals surface area contributed by atoms with E-state index in [2.05, 4.69) is 74.1 Å². The van der Waals surface area contributed by atoms with E-state index in [0.717, 1.165) is 19.5 Å². The van der Waals surface area contributed by atoms with Crippen LogP contribution in [0.5, 0.6) is 0 Å². The van der Waals surface area contributed by atoms with Crippen LogP contribution in [-0.2, 0) is 13.0 Å². The van der Waals surface area contributed by atoms with Gasteiger partial charge in [0.25, 0.3) is 0 Å². The molecule has 0 atom stereocenters. The van der Waals surface area contributed by atoms with Crippen LogP contribution in [0.2, 0.25) is 0 Å². The van der Waals surface area contributed by atoms with Crippen LogP contribution in [0.1, 0.15) is 22.3 Å². The predicted octanol–water partition coefficient (Wildman–Crippen LogP) is 3.93. The number of likely N-dealkylation sites (N-methyl/N-ethyl adjacent to an activating group) is 1. The smallest absolute Gasteiger partial charge is 0.0426 e. The summed E-state index contributed by atoms with van der Waals surface area (Å²) in [5.41, 5.74) is 8.31. The topological polar surface area (TPSA) is 6.48 Å². The summed E-state index contributed by atoms with van der Waals surface area (Å²) in [5.74, 6) is 0. The lowest BCUT2D eigenvalue weighted by Crippen LogP contribution is -2.18. The fourth-order valence-electron chi connectivity index (χ4n) is 3.17. The Labute approximate surface area is 128 Å². The molecule has 0 spiro atoms. The van der Waals surface area contributed by atoms with Gasteiger partial charge in [-0.2, -0.15) is 0 Å². The maximum absolute atomic E-state index is 2.38. The second kappa shape index (κ2) is 5.44. The average Bonchev–Trinajstić information content (AvgIpc) is 2.82. The van der Waals surface area contributed by atoms with Gasteiger partial charge in [0, 0.05) is 44.1 Å². The van der Waals surface area contributed by atoms with Crippen LogP contribution in [0.3, 0.4) is 0 Å². The molecule has 21 heavy (non-hydrogen) atoms. The Morgan fingerprint density at radius 2 is 1.76 bits per heavy atom. The minimum Gasteiger partial charge on any atom is -0.374 e. The molecule has 2 aromatic carbocycles. The minimum atomic E-state index is 0.958. The molecule has 0 bridgehead atoms. The summed E-state index contributed by atoms with van der Waals surface area (Å²) in [4.78, 5) is 4.75. The first-order chi connectivity index (χ1) is 10.0. The van der Waals surface area contributed by atoms with Gasteiger partial charge in [0.15, 0.2) is 0 Å². The number of hydrogen-bond acceptors (Lipinski definition) is 2. The summed E-state index contributed by atoms with van der Waals surface area (Å²) in [6, 6.07) is 13.5. The third kappa shape index (κ3) is 2.76. The highest BCUT2D eigenvalue weighted by atomic mass is 15.1. The van der Waals surface area contributed by atoms with Crippen molar-refractivity contribution in [2.24, 2.45) is 0 Å². The lowest BCUT2D eigenvalue weighted by atomic mass is 10.0. The predicted molar refractivity (Wildman–Crippen MR) is 91.4 cm³/mol. The molecule has 2 heteroatoms. The van der Waals surface area contributed by atoms with Gasteiger partial charge in [-0.05, 0) is 43.5 Å². The van der Waals surface area contributed by atoms with E-state index in [1.165, 1.54) is 33.6 Å². The Kier molecular flexibility index (Phi) is 3.62. The molecule has 3 rings (SSSR count). The molecule has 1 aliphatic rings. The van der Waals surface area contributed by atoms with Crippen LogP contribution in [0, 0.1) is 13.8 Å². The van der Waals surface area contributed by atoms with Gasteiger partial charge < -0.3 is 9.80 Å². The lowest BCUT2D eigenvalue weighted by Gasteiger charge is -2.24. The van der Waals surface area contributed by atoms with Gasteiger partial charge in [0.05, 0.1) is 0 Å². The first-order valence-electron chi connectivity index (χ1n) is 7.66. The maximum Gasteiger partial charge on any atom is 0.0426 e. The second-order valence-corrected chi connectivity index (χ2v) is 6.29. The largest absolute Gasteiger partial charge is 0.374 e. The second-order valence-electron chi connectivity index (χ2n) is 6.29. The van der Waals surface area contributed by atoms with Crippen molar-refractivity contribution in [2.75, 3.05) is 30.4 Å². The molecule has 0 amide bonds. The Morgan fingerprint density at radius 1 is 1.05 bits per heavy atom. The molecule has 0 radical (unpaired) electrons. The Bertz CT molecular complexity index is 643. The van der Waals surface area contributed by atoms with Gasteiger partial charge in [-0.1, -0.05) is 29.8 Å². The van der Waals surface area contributed by atoms with E-state index in [1.807, 2.05) is 0 Å². The van der Waals surface area contributed by atoms with Crippen molar-refractivity contribution in [3.05, 3.63) is 58.7 Å². The Hall–Kier alpha value is -1.96. The van der Waals surface area contributed by atoms with E-state index in [9.17, 15) is 0 Å². The van der Waals surface area contributed by atoms with E-state index in [0.29, 0.717) is 0 Å². The highest BCUT2D eigenvalue weighted by Gasteiger charge is 2.21. The minimum absolute atomic E-state index is 0.958. The molecule has 2 aromatic rings. The van der Waals surface area contributed by atoms with Crippen LogP contribution < -0.4 is 9.80 Å². The molecule has 0 saturated heterocycles. The molecule has 2 nitrogen and oxygen atoms in total. The molecule has 110 valence electrons. The summed E-state index contributed by atoms with van der Waals surface area (Å²) in [7, 11) is 4.39.